The third kappa shape index (κ3) is 2.14. The molecule has 0 bridgehead atoms. The lowest BCUT2D eigenvalue weighted by Gasteiger charge is -2.05. The van der Waals surface area contributed by atoms with Crippen molar-refractivity contribution in [2.24, 2.45) is 0 Å². The number of nitro groups is 1. The molecule has 1 aromatic rings. The number of phenolic OH excluding ortho intramolecular Hbond substituents is 1. The van der Waals surface area contributed by atoms with Gasteiger partial charge in [0.05, 0.1) is 24.5 Å². The molecule has 6 heteroatoms. The second kappa shape index (κ2) is 4.28. The fourth-order valence-corrected chi connectivity index (χ4v) is 1.14. The monoisotopic (exact) mass is 208 g/mol. The first-order chi connectivity index (χ1) is 7.10. The number of nitrogens with zero attached hydrogens (tertiary/aromatic N) is 2. The van der Waals surface area contributed by atoms with Gasteiger partial charge in [-0.2, -0.15) is 5.26 Å². The molecular weight excluding hydrogens is 200 g/mol. The zero-order valence-corrected chi connectivity index (χ0v) is 7.93. The summed E-state index contributed by atoms with van der Waals surface area (Å²) in [6.07, 6.45) is 0.0253. The van der Waals surface area contributed by atoms with Crippen LogP contribution < -0.4 is 4.74 Å². The number of phenols is 1. The highest BCUT2D eigenvalue weighted by molar-refractivity contribution is 5.57. The Hall–Kier alpha value is -2.29. The van der Waals surface area contributed by atoms with Crippen LogP contribution >= 0.6 is 0 Å². The number of aromatic hydroxyl groups is 1. The van der Waals surface area contributed by atoms with Gasteiger partial charge in [0.25, 0.3) is 0 Å². The van der Waals surface area contributed by atoms with Gasteiger partial charge in [0, 0.05) is 6.07 Å². The van der Waals surface area contributed by atoms with Gasteiger partial charge in [-0.3, -0.25) is 10.1 Å². The zero-order chi connectivity index (χ0) is 11.4. The fraction of sp³-hybridized carbons (Fsp3) is 0.222. The Morgan fingerprint density at radius 3 is 2.80 bits per heavy atom. The Bertz CT molecular complexity index is 436. The minimum absolute atomic E-state index is 0.00514. The highest BCUT2D eigenvalue weighted by Crippen LogP contribution is 2.36. The molecule has 0 radical (unpaired) electrons. The first-order valence-corrected chi connectivity index (χ1v) is 4.01. The van der Waals surface area contributed by atoms with Crippen LogP contribution in [0.4, 0.5) is 5.69 Å². The normalized spacial score (nSPS) is 9.33. The summed E-state index contributed by atoms with van der Waals surface area (Å²) in [6, 6.07) is 4.41. The van der Waals surface area contributed by atoms with Gasteiger partial charge in [-0.1, -0.05) is 0 Å². The molecule has 0 amide bonds. The first kappa shape index (κ1) is 10.8. The van der Waals surface area contributed by atoms with E-state index in [4.69, 9.17) is 10.00 Å². The van der Waals surface area contributed by atoms with Gasteiger partial charge in [0.1, 0.15) is 0 Å². The van der Waals surface area contributed by atoms with Crippen molar-refractivity contribution < 1.29 is 14.8 Å². The number of ether oxygens (including phenoxy) is 1. The van der Waals surface area contributed by atoms with E-state index in [0.29, 0.717) is 5.56 Å². The maximum absolute atomic E-state index is 10.6. The predicted octanol–water partition coefficient (Wildman–Crippen LogP) is 1.38. The van der Waals surface area contributed by atoms with Crippen LogP contribution in [0.5, 0.6) is 11.5 Å². The standard InChI is InChI=1S/C9H8N2O4/c1-15-8-5-6(2-3-10)4-7(9(8)12)11(13)14/h4-5,12H,2H2,1H3. The van der Waals surface area contributed by atoms with E-state index < -0.39 is 16.4 Å². The van der Waals surface area contributed by atoms with Gasteiger partial charge in [-0.15, -0.1) is 0 Å². The van der Waals surface area contributed by atoms with Crippen molar-refractivity contribution >= 4 is 5.69 Å². The molecule has 78 valence electrons. The Morgan fingerprint density at radius 1 is 1.67 bits per heavy atom. The SMILES string of the molecule is COc1cc(CC#N)cc([N+](=O)[O-])c1O. The number of rotatable bonds is 3. The minimum Gasteiger partial charge on any atom is -0.500 e. The Labute approximate surface area is 85.5 Å². The molecule has 0 aromatic heterocycles. The molecule has 0 aliphatic rings. The number of nitriles is 1. The molecule has 15 heavy (non-hydrogen) atoms. The quantitative estimate of drug-likeness (QED) is 0.597. The number of nitro benzene ring substituents is 1. The van der Waals surface area contributed by atoms with E-state index in [0.717, 1.165) is 6.07 Å². The lowest BCUT2D eigenvalue weighted by Crippen LogP contribution is -1.94. The maximum atomic E-state index is 10.6. The van der Waals surface area contributed by atoms with Crippen molar-refractivity contribution in [3.8, 4) is 17.6 Å². The van der Waals surface area contributed by atoms with Gasteiger partial charge in [0.15, 0.2) is 5.75 Å². The molecule has 0 spiro atoms. The third-order valence-electron chi connectivity index (χ3n) is 1.81. The van der Waals surface area contributed by atoms with Crippen molar-refractivity contribution in [3.05, 3.63) is 27.8 Å². The Kier molecular flexibility index (Phi) is 3.08. The van der Waals surface area contributed by atoms with E-state index in [1.165, 1.54) is 13.2 Å². The molecule has 1 rings (SSSR count). The summed E-state index contributed by atoms with van der Waals surface area (Å²) in [5.41, 5.74) is -0.0292. The summed E-state index contributed by atoms with van der Waals surface area (Å²) in [5, 5.41) is 28.4. The van der Waals surface area contributed by atoms with Crippen LogP contribution in [0.3, 0.4) is 0 Å². The summed E-state index contributed by atoms with van der Waals surface area (Å²) in [6.45, 7) is 0. The highest BCUT2D eigenvalue weighted by atomic mass is 16.6. The number of hydrogen-bond donors (Lipinski definition) is 1. The lowest BCUT2D eigenvalue weighted by molar-refractivity contribution is -0.386. The van der Waals surface area contributed by atoms with Gasteiger partial charge in [0.2, 0.25) is 5.75 Å². The average molecular weight is 208 g/mol. The molecule has 0 saturated heterocycles. The topological polar surface area (TPSA) is 96.4 Å². The molecule has 0 aliphatic carbocycles. The van der Waals surface area contributed by atoms with Crippen molar-refractivity contribution in [1.29, 1.82) is 5.26 Å². The van der Waals surface area contributed by atoms with E-state index in [9.17, 15) is 15.2 Å². The second-order valence-electron chi connectivity index (χ2n) is 2.76. The van der Waals surface area contributed by atoms with Gasteiger partial charge in [-0.05, 0) is 11.6 Å². The molecule has 0 saturated carbocycles. The van der Waals surface area contributed by atoms with Crippen molar-refractivity contribution in [2.45, 2.75) is 6.42 Å². The van der Waals surface area contributed by atoms with Crippen molar-refractivity contribution in [3.63, 3.8) is 0 Å². The molecule has 0 unspecified atom stereocenters. The number of methoxy groups -OCH3 is 1. The predicted molar refractivity (Wildman–Crippen MR) is 50.6 cm³/mol. The van der Waals surface area contributed by atoms with Crippen LogP contribution in [0.15, 0.2) is 12.1 Å². The van der Waals surface area contributed by atoms with E-state index in [1.807, 2.05) is 6.07 Å². The van der Waals surface area contributed by atoms with E-state index in [1.54, 1.807) is 0 Å². The van der Waals surface area contributed by atoms with Crippen LogP contribution in [0.25, 0.3) is 0 Å². The lowest BCUT2D eigenvalue weighted by atomic mass is 10.1. The summed E-state index contributed by atoms with van der Waals surface area (Å²) in [5.74, 6) is -0.529. The summed E-state index contributed by atoms with van der Waals surface area (Å²) >= 11 is 0. The van der Waals surface area contributed by atoms with Crippen LogP contribution in [-0.4, -0.2) is 17.1 Å². The molecule has 0 aliphatic heterocycles. The number of benzene rings is 1. The van der Waals surface area contributed by atoms with Gasteiger partial charge in [-0.25, -0.2) is 0 Å². The van der Waals surface area contributed by atoms with E-state index in [-0.39, 0.29) is 12.2 Å². The van der Waals surface area contributed by atoms with Gasteiger partial charge < -0.3 is 9.84 Å². The van der Waals surface area contributed by atoms with Crippen LogP contribution in [-0.2, 0) is 6.42 Å². The highest BCUT2D eigenvalue weighted by Gasteiger charge is 2.19. The summed E-state index contributed by atoms with van der Waals surface area (Å²) in [7, 11) is 1.29. The summed E-state index contributed by atoms with van der Waals surface area (Å²) in [4.78, 5) is 9.83. The smallest absolute Gasteiger partial charge is 0.314 e. The zero-order valence-electron chi connectivity index (χ0n) is 7.93. The molecule has 6 nitrogen and oxygen atoms in total. The van der Waals surface area contributed by atoms with Crippen LogP contribution in [0, 0.1) is 21.4 Å². The van der Waals surface area contributed by atoms with Crippen molar-refractivity contribution in [1.82, 2.24) is 0 Å². The first-order valence-electron chi connectivity index (χ1n) is 4.01. The molecule has 0 atom stereocenters. The fourth-order valence-electron chi connectivity index (χ4n) is 1.14. The summed E-state index contributed by atoms with van der Waals surface area (Å²) < 4.78 is 4.76. The largest absolute Gasteiger partial charge is 0.500 e. The Balaban J connectivity index is 3.33. The Morgan fingerprint density at radius 2 is 2.33 bits per heavy atom. The van der Waals surface area contributed by atoms with Crippen LogP contribution in [0.1, 0.15) is 5.56 Å². The average Bonchev–Trinajstić information content (AvgIpc) is 2.20. The van der Waals surface area contributed by atoms with Crippen molar-refractivity contribution in [2.75, 3.05) is 7.11 Å². The van der Waals surface area contributed by atoms with Gasteiger partial charge >= 0.3 is 5.69 Å². The van der Waals surface area contributed by atoms with E-state index >= 15 is 0 Å². The van der Waals surface area contributed by atoms with E-state index in [2.05, 4.69) is 0 Å². The second-order valence-corrected chi connectivity index (χ2v) is 2.76. The molecule has 1 aromatic carbocycles. The maximum Gasteiger partial charge on any atom is 0.314 e. The minimum atomic E-state index is -0.723. The third-order valence-corrected chi connectivity index (χ3v) is 1.81. The molecule has 0 fully saturated rings. The molecular formula is C9H8N2O4. The molecule has 1 N–H and O–H groups in total. The van der Waals surface area contributed by atoms with Crippen LogP contribution in [0.2, 0.25) is 0 Å². The number of hydrogen-bond acceptors (Lipinski definition) is 5. The molecule has 0 heterocycles.